The van der Waals surface area contributed by atoms with Crippen LogP contribution in [0.25, 0.3) is 16.8 Å². The van der Waals surface area contributed by atoms with E-state index in [1.54, 1.807) is 12.4 Å². The molecule has 3 fully saturated rings. The number of carbonyl (C=O) groups is 1. The van der Waals surface area contributed by atoms with Crippen molar-refractivity contribution in [2.24, 2.45) is 5.92 Å². The number of nitriles is 1. The molecule has 9 heteroatoms. The van der Waals surface area contributed by atoms with Crippen LogP contribution in [0.2, 0.25) is 0 Å². The fourth-order valence-electron chi connectivity index (χ4n) is 4.96. The minimum absolute atomic E-state index is 0.115. The lowest BCUT2D eigenvalue weighted by Crippen LogP contribution is -2.40. The molecular formula is C29H34N6O2S. The fraction of sp³-hybridized carbons (Fsp3) is 0.448. The molecule has 38 heavy (non-hydrogen) atoms. The molecule has 1 aliphatic heterocycles. The quantitative estimate of drug-likeness (QED) is 0.529. The normalized spacial score (nSPS) is 19.1. The zero-order valence-electron chi connectivity index (χ0n) is 21.6. The zero-order chi connectivity index (χ0) is 26.4. The molecule has 0 unspecified atom stereocenters. The SMILES string of the molecule is N#CC1(NC(=O)C2CCCCC2)CC1.O=S1CCN(c2ccc(-c3cnn(-c4ccncc4)c3)cc2)CC1. The van der Waals surface area contributed by atoms with Gasteiger partial charge in [0.2, 0.25) is 5.91 Å². The van der Waals surface area contributed by atoms with Gasteiger partial charge in [0.05, 0.1) is 18.0 Å². The summed E-state index contributed by atoms with van der Waals surface area (Å²) in [6.45, 7) is 1.73. The van der Waals surface area contributed by atoms with Crippen molar-refractivity contribution in [3.05, 3.63) is 61.2 Å². The van der Waals surface area contributed by atoms with Crippen molar-refractivity contribution >= 4 is 22.4 Å². The van der Waals surface area contributed by atoms with E-state index in [4.69, 9.17) is 5.26 Å². The lowest BCUT2D eigenvalue weighted by Gasteiger charge is -2.28. The summed E-state index contributed by atoms with van der Waals surface area (Å²) in [6, 6.07) is 14.6. The Bertz CT molecular complexity index is 1280. The van der Waals surface area contributed by atoms with Crippen molar-refractivity contribution in [3.63, 3.8) is 0 Å². The number of hydrogen-bond acceptors (Lipinski definition) is 6. The molecule has 0 spiro atoms. The van der Waals surface area contributed by atoms with Crippen LogP contribution < -0.4 is 10.2 Å². The van der Waals surface area contributed by atoms with Crippen molar-refractivity contribution in [3.8, 4) is 22.9 Å². The molecule has 2 aliphatic carbocycles. The molecule has 0 atom stereocenters. The third kappa shape index (κ3) is 6.48. The summed E-state index contributed by atoms with van der Waals surface area (Å²) in [6.07, 6.45) is 14.7. The third-order valence-corrected chi connectivity index (χ3v) is 8.83. The highest BCUT2D eigenvalue weighted by molar-refractivity contribution is 7.85. The predicted molar refractivity (Wildman–Crippen MR) is 149 cm³/mol. The molecule has 3 aliphatic rings. The van der Waals surface area contributed by atoms with E-state index >= 15 is 0 Å². The van der Waals surface area contributed by atoms with E-state index in [-0.39, 0.29) is 11.8 Å². The van der Waals surface area contributed by atoms with Gasteiger partial charge in [-0.05, 0) is 55.5 Å². The lowest BCUT2D eigenvalue weighted by atomic mass is 9.88. The Labute approximate surface area is 226 Å². The number of anilines is 1. The van der Waals surface area contributed by atoms with Crippen LogP contribution in [0.4, 0.5) is 5.69 Å². The molecule has 8 nitrogen and oxygen atoms in total. The van der Waals surface area contributed by atoms with E-state index in [2.05, 4.69) is 50.6 Å². The number of pyridine rings is 1. The molecule has 1 amide bonds. The van der Waals surface area contributed by atoms with Crippen LogP contribution in [-0.2, 0) is 15.6 Å². The van der Waals surface area contributed by atoms with E-state index < -0.39 is 16.3 Å². The van der Waals surface area contributed by atoms with E-state index in [9.17, 15) is 9.00 Å². The molecule has 0 bridgehead atoms. The third-order valence-electron chi connectivity index (χ3n) is 7.56. The van der Waals surface area contributed by atoms with E-state index in [0.717, 1.165) is 79.9 Å². The Hall–Kier alpha value is -3.51. The van der Waals surface area contributed by atoms with Gasteiger partial charge in [0.25, 0.3) is 0 Å². The highest BCUT2D eigenvalue weighted by Gasteiger charge is 2.45. The van der Waals surface area contributed by atoms with Gasteiger partial charge in [-0.3, -0.25) is 14.0 Å². The second kappa shape index (κ2) is 11.9. The second-order valence-electron chi connectivity index (χ2n) is 10.3. The largest absolute Gasteiger partial charge is 0.370 e. The minimum Gasteiger partial charge on any atom is -0.370 e. The van der Waals surface area contributed by atoms with Gasteiger partial charge in [0.15, 0.2) is 0 Å². The summed E-state index contributed by atoms with van der Waals surface area (Å²) >= 11 is 0. The molecular weight excluding hydrogens is 496 g/mol. The predicted octanol–water partition coefficient (Wildman–Crippen LogP) is 4.24. The first-order chi connectivity index (χ1) is 18.5. The minimum atomic E-state index is -0.641. The summed E-state index contributed by atoms with van der Waals surface area (Å²) in [7, 11) is -0.641. The zero-order valence-corrected chi connectivity index (χ0v) is 22.4. The Morgan fingerprint density at radius 2 is 1.66 bits per heavy atom. The van der Waals surface area contributed by atoms with Crippen LogP contribution in [0.5, 0.6) is 0 Å². The molecule has 0 radical (unpaired) electrons. The molecule has 1 saturated heterocycles. The number of amides is 1. The molecule has 3 heterocycles. The number of aromatic nitrogens is 3. The van der Waals surface area contributed by atoms with E-state index in [0.29, 0.717) is 0 Å². The van der Waals surface area contributed by atoms with Crippen molar-refractivity contribution in [1.82, 2.24) is 20.1 Å². The number of hydrogen-bond donors (Lipinski definition) is 1. The topological polar surface area (TPSA) is 104 Å². The van der Waals surface area contributed by atoms with Crippen molar-refractivity contribution in [1.29, 1.82) is 5.26 Å². The Kier molecular flexibility index (Phi) is 8.18. The Morgan fingerprint density at radius 3 is 2.29 bits per heavy atom. The van der Waals surface area contributed by atoms with Crippen LogP contribution in [0.15, 0.2) is 61.2 Å². The summed E-state index contributed by atoms with van der Waals surface area (Å²) < 4.78 is 13.3. The molecule has 1 N–H and O–H groups in total. The first-order valence-corrected chi connectivity index (χ1v) is 14.9. The summed E-state index contributed by atoms with van der Waals surface area (Å²) in [4.78, 5) is 18.1. The van der Waals surface area contributed by atoms with E-state index in [1.165, 1.54) is 12.1 Å². The van der Waals surface area contributed by atoms with Gasteiger partial charge >= 0.3 is 0 Å². The summed E-state index contributed by atoms with van der Waals surface area (Å²) in [5, 5.41) is 16.2. The summed E-state index contributed by atoms with van der Waals surface area (Å²) in [5.74, 6) is 1.82. The molecule has 1 aromatic carbocycles. The maximum Gasteiger partial charge on any atom is 0.224 e. The smallest absolute Gasteiger partial charge is 0.224 e. The van der Waals surface area contributed by atoms with Crippen LogP contribution >= 0.6 is 0 Å². The number of benzene rings is 1. The first-order valence-electron chi connectivity index (χ1n) is 13.4. The Morgan fingerprint density at radius 1 is 0.974 bits per heavy atom. The Balaban J connectivity index is 0.000000179. The molecule has 2 saturated carbocycles. The molecule has 3 aromatic rings. The summed E-state index contributed by atoms with van der Waals surface area (Å²) in [5.41, 5.74) is 3.93. The fourth-order valence-corrected chi connectivity index (χ4v) is 6.02. The highest BCUT2D eigenvalue weighted by atomic mass is 32.2. The number of rotatable bonds is 5. The number of carbonyl (C=O) groups excluding carboxylic acids is 1. The van der Waals surface area contributed by atoms with Crippen LogP contribution in [0.3, 0.4) is 0 Å². The highest BCUT2D eigenvalue weighted by Crippen LogP contribution is 2.35. The lowest BCUT2D eigenvalue weighted by molar-refractivity contribution is -0.126. The second-order valence-corrected chi connectivity index (χ2v) is 12.0. The first kappa shape index (κ1) is 26.1. The standard InChI is InChI=1S/C18H18N4OS.C11H16N2O/c23-24-11-9-21(10-12-24)17-3-1-15(2-4-17)16-13-20-22(14-16)18-5-7-19-8-6-18;12-8-11(6-7-11)13-10(14)9-4-2-1-3-5-9/h1-8,13-14H,9-12H2;9H,1-7H2,(H,13,14). The van der Waals surface area contributed by atoms with Crippen LogP contribution in [0, 0.1) is 17.2 Å². The van der Waals surface area contributed by atoms with Gasteiger partial charge < -0.3 is 10.2 Å². The molecule has 2 aromatic heterocycles. The maximum absolute atomic E-state index is 11.8. The monoisotopic (exact) mass is 530 g/mol. The van der Waals surface area contributed by atoms with Crippen molar-refractivity contribution in [2.45, 2.75) is 50.5 Å². The number of nitrogens with zero attached hydrogens (tertiary/aromatic N) is 5. The van der Waals surface area contributed by atoms with Crippen LogP contribution in [-0.4, -0.2) is 55.0 Å². The average Bonchev–Trinajstić information content (AvgIpc) is 3.57. The molecule has 6 rings (SSSR count). The van der Waals surface area contributed by atoms with Gasteiger partial charge in [-0.25, -0.2) is 4.68 Å². The molecule has 198 valence electrons. The van der Waals surface area contributed by atoms with Gasteiger partial charge in [0.1, 0.15) is 5.54 Å². The van der Waals surface area contributed by atoms with Gasteiger partial charge in [-0.1, -0.05) is 31.4 Å². The maximum atomic E-state index is 11.8. The van der Waals surface area contributed by atoms with Crippen molar-refractivity contribution < 1.29 is 9.00 Å². The van der Waals surface area contributed by atoms with Gasteiger partial charge in [-0.2, -0.15) is 10.4 Å². The average molecular weight is 531 g/mol. The van der Waals surface area contributed by atoms with Crippen molar-refractivity contribution in [2.75, 3.05) is 29.5 Å². The van der Waals surface area contributed by atoms with Crippen LogP contribution in [0.1, 0.15) is 44.9 Å². The van der Waals surface area contributed by atoms with Gasteiger partial charge in [-0.15, -0.1) is 0 Å². The van der Waals surface area contributed by atoms with E-state index in [1.807, 2.05) is 29.2 Å². The van der Waals surface area contributed by atoms with Gasteiger partial charge in [0, 0.05) is 71.2 Å². The number of nitrogens with one attached hydrogen (secondary N) is 1.